The summed E-state index contributed by atoms with van der Waals surface area (Å²) in [5, 5.41) is 10.1. The molecule has 1 aromatic heterocycles. The van der Waals surface area contributed by atoms with Crippen molar-refractivity contribution in [3.8, 4) is 0 Å². The lowest BCUT2D eigenvalue weighted by atomic mass is 10.1. The first-order valence-corrected chi connectivity index (χ1v) is 6.55. The number of hydrogen-bond donors (Lipinski definition) is 1. The van der Waals surface area contributed by atoms with Crippen LogP contribution in [0.25, 0.3) is 10.9 Å². The van der Waals surface area contributed by atoms with E-state index in [2.05, 4.69) is 16.0 Å². The van der Waals surface area contributed by atoms with E-state index in [4.69, 9.17) is 5.11 Å². The molecule has 98 valence electrons. The monoisotopic (exact) mass is 256 g/mol. The predicted molar refractivity (Wildman–Crippen MR) is 74.9 cm³/mol. The Hall–Kier alpha value is -2.10. The molecule has 1 saturated heterocycles. The lowest BCUT2D eigenvalue weighted by Gasteiger charge is -2.20. The second-order valence-corrected chi connectivity index (χ2v) is 5.01. The van der Waals surface area contributed by atoms with Crippen LogP contribution in [-0.2, 0) is 0 Å². The zero-order valence-electron chi connectivity index (χ0n) is 10.9. The molecule has 1 N–H and O–H groups in total. The number of hydrogen-bond acceptors (Lipinski definition) is 3. The second kappa shape index (κ2) is 4.53. The molecule has 1 fully saturated rings. The van der Waals surface area contributed by atoms with Crippen molar-refractivity contribution < 1.29 is 9.90 Å². The van der Waals surface area contributed by atoms with E-state index in [9.17, 15) is 4.79 Å². The van der Waals surface area contributed by atoms with Gasteiger partial charge in [-0.25, -0.2) is 4.79 Å². The van der Waals surface area contributed by atoms with Gasteiger partial charge in [0.2, 0.25) is 0 Å². The minimum absolute atomic E-state index is 0.318. The molecule has 2 aromatic rings. The Morgan fingerprint density at radius 1 is 1.26 bits per heavy atom. The van der Waals surface area contributed by atoms with Crippen molar-refractivity contribution in [3.05, 3.63) is 35.5 Å². The molecular formula is C15H16N2O2. The van der Waals surface area contributed by atoms with Crippen LogP contribution in [0.5, 0.6) is 0 Å². The van der Waals surface area contributed by atoms with E-state index in [1.807, 2.05) is 6.92 Å². The maximum atomic E-state index is 11.1. The largest absolute Gasteiger partial charge is 0.478 e. The highest BCUT2D eigenvalue weighted by Crippen LogP contribution is 2.30. The van der Waals surface area contributed by atoms with Gasteiger partial charge in [0.1, 0.15) is 0 Å². The summed E-state index contributed by atoms with van der Waals surface area (Å²) in [4.78, 5) is 17.9. The van der Waals surface area contributed by atoms with Crippen LogP contribution < -0.4 is 4.90 Å². The molecule has 1 aromatic carbocycles. The highest BCUT2D eigenvalue weighted by Gasteiger charge is 2.17. The number of carbonyl (C=O) groups is 1. The number of benzene rings is 1. The molecule has 19 heavy (non-hydrogen) atoms. The average Bonchev–Trinajstić information content (AvgIpc) is 2.90. The Kier molecular flexibility index (Phi) is 2.85. The summed E-state index contributed by atoms with van der Waals surface area (Å²) in [6.45, 7) is 4.05. The number of carboxylic acids is 1. The SMILES string of the molecule is Cc1cc(N2CCCC2)c2cc(C(=O)O)ccc2n1. The number of aromatic carboxylic acids is 1. The number of pyridine rings is 1. The van der Waals surface area contributed by atoms with Crippen LogP contribution in [0.15, 0.2) is 24.3 Å². The molecule has 0 amide bonds. The van der Waals surface area contributed by atoms with Crippen LogP contribution in [0.3, 0.4) is 0 Å². The van der Waals surface area contributed by atoms with E-state index in [1.54, 1.807) is 18.2 Å². The number of aromatic nitrogens is 1. The van der Waals surface area contributed by atoms with Crippen molar-refractivity contribution >= 4 is 22.6 Å². The van der Waals surface area contributed by atoms with Crippen LogP contribution >= 0.6 is 0 Å². The van der Waals surface area contributed by atoms with Gasteiger partial charge in [0.05, 0.1) is 11.1 Å². The normalized spacial score (nSPS) is 15.1. The van der Waals surface area contributed by atoms with Gasteiger partial charge in [-0.15, -0.1) is 0 Å². The molecule has 0 saturated carbocycles. The highest BCUT2D eigenvalue weighted by molar-refractivity contribution is 5.98. The zero-order chi connectivity index (χ0) is 13.4. The number of fused-ring (bicyclic) bond motifs is 1. The van der Waals surface area contributed by atoms with Gasteiger partial charge in [-0.05, 0) is 44.0 Å². The Labute approximate surface area is 111 Å². The van der Waals surface area contributed by atoms with Gasteiger partial charge in [-0.3, -0.25) is 4.98 Å². The molecule has 4 nitrogen and oxygen atoms in total. The minimum Gasteiger partial charge on any atom is -0.478 e. The Morgan fingerprint density at radius 3 is 2.68 bits per heavy atom. The first kappa shape index (κ1) is 12.0. The lowest BCUT2D eigenvalue weighted by Crippen LogP contribution is -2.18. The van der Waals surface area contributed by atoms with E-state index >= 15 is 0 Å². The Bertz CT molecular complexity index is 646. The number of carboxylic acid groups (broad SMARTS) is 1. The molecule has 0 unspecified atom stereocenters. The van der Waals surface area contributed by atoms with Crippen molar-refractivity contribution in [1.82, 2.24) is 4.98 Å². The third-order valence-electron chi connectivity index (χ3n) is 3.61. The van der Waals surface area contributed by atoms with Crippen LogP contribution in [0.2, 0.25) is 0 Å². The van der Waals surface area contributed by atoms with E-state index in [0.29, 0.717) is 5.56 Å². The number of nitrogens with zero attached hydrogens (tertiary/aromatic N) is 2. The van der Waals surface area contributed by atoms with Crippen molar-refractivity contribution in [1.29, 1.82) is 0 Å². The fourth-order valence-corrected chi connectivity index (χ4v) is 2.69. The molecule has 4 heteroatoms. The smallest absolute Gasteiger partial charge is 0.335 e. The van der Waals surface area contributed by atoms with Gasteiger partial charge >= 0.3 is 5.97 Å². The maximum absolute atomic E-state index is 11.1. The Balaban J connectivity index is 2.22. The molecule has 1 aliphatic heterocycles. The van der Waals surface area contributed by atoms with Crippen molar-refractivity contribution in [2.24, 2.45) is 0 Å². The van der Waals surface area contributed by atoms with Crippen LogP contribution in [0, 0.1) is 6.92 Å². The van der Waals surface area contributed by atoms with E-state index in [-0.39, 0.29) is 0 Å². The summed E-state index contributed by atoms with van der Waals surface area (Å²) >= 11 is 0. The molecule has 0 radical (unpaired) electrons. The van der Waals surface area contributed by atoms with Crippen molar-refractivity contribution in [3.63, 3.8) is 0 Å². The maximum Gasteiger partial charge on any atom is 0.335 e. The Morgan fingerprint density at radius 2 is 2.00 bits per heavy atom. The molecule has 2 heterocycles. The summed E-state index contributed by atoms with van der Waals surface area (Å²) in [6, 6.07) is 7.20. The molecule has 0 bridgehead atoms. The topological polar surface area (TPSA) is 53.4 Å². The summed E-state index contributed by atoms with van der Waals surface area (Å²) in [5.74, 6) is -0.894. The fourth-order valence-electron chi connectivity index (χ4n) is 2.69. The first-order chi connectivity index (χ1) is 9.15. The van der Waals surface area contributed by atoms with Crippen molar-refractivity contribution in [2.75, 3.05) is 18.0 Å². The molecule has 0 atom stereocenters. The molecule has 3 rings (SSSR count). The van der Waals surface area contributed by atoms with Crippen molar-refractivity contribution in [2.45, 2.75) is 19.8 Å². The quantitative estimate of drug-likeness (QED) is 0.897. The second-order valence-electron chi connectivity index (χ2n) is 5.01. The first-order valence-electron chi connectivity index (χ1n) is 6.55. The van der Waals surface area contributed by atoms with Crippen LogP contribution in [-0.4, -0.2) is 29.1 Å². The molecular weight excluding hydrogens is 240 g/mol. The number of rotatable bonds is 2. The van der Waals surface area contributed by atoms with Gasteiger partial charge in [0.15, 0.2) is 0 Å². The average molecular weight is 256 g/mol. The summed E-state index contributed by atoms with van der Waals surface area (Å²) in [7, 11) is 0. The number of anilines is 1. The summed E-state index contributed by atoms with van der Waals surface area (Å²) in [5.41, 5.74) is 3.27. The fraction of sp³-hybridized carbons (Fsp3) is 0.333. The standard InChI is InChI=1S/C15H16N2O2/c1-10-8-14(17-6-2-3-7-17)12-9-11(15(18)19)4-5-13(12)16-10/h4-5,8-9H,2-3,6-7H2,1H3,(H,18,19). The lowest BCUT2D eigenvalue weighted by molar-refractivity contribution is 0.0697. The zero-order valence-corrected chi connectivity index (χ0v) is 10.9. The van der Waals surface area contributed by atoms with Gasteiger partial charge in [-0.1, -0.05) is 0 Å². The van der Waals surface area contributed by atoms with Gasteiger partial charge < -0.3 is 10.0 Å². The van der Waals surface area contributed by atoms with Crippen LogP contribution in [0.1, 0.15) is 28.9 Å². The van der Waals surface area contributed by atoms with Gasteiger partial charge in [-0.2, -0.15) is 0 Å². The summed E-state index contributed by atoms with van der Waals surface area (Å²) in [6.07, 6.45) is 2.39. The van der Waals surface area contributed by atoms with Gasteiger partial charge in [0, 0.05) is 29.9 Å². The van der Waals surface area contributed by atoms with E-state index in [1.165, 1.54) is 12.8 Å². The highest BCUT2D eigenvalue weighted by atomic mass is 16.4. The number of aryl methyl sites for hydroxylation is 1. The van der Waals surface area contributed by atoms with E-state index in [0.717, 1.165) is 35.4 Å². The molecule has 0 spiro atoms. The van der Waals surface area contributed by atoms with E-state index < -0.39 is 5.97 Å². The minimum atomic E-state index is -0.894. The summed E-state index contributed by atoms with van der Waals surface area (Å²) < 4.78 is 0. The van der Waals surface area contributed by atoms with Crippen LogP contribution in [0.4, 0.5) is 5.69 Å². The molecule has 0 aliphatic carbocycles. The third kappa shape index (κ3) is 2.14. The van der Waals surface area contributed by atoms with Gasteiger partial charge in [0.25, 0.3) is 0 Å². The third-order valence-corrected chi connectivity index (χ3v) is 3.61. The predicted octanol–water partition coefficient (Wildman–Crippen LogP) is 2.84. The molecule has 1 aliphatic rings.